The van der Waals surface area contributed by atoms with Crippen molar-refractivity contribution < 1.29 is 0 Å². The van der Waals surface area contributed by atoms with E-state index in [1.54, 1.807) is 11.3 Å². The molecular formula is C5H3N2S. The second kappa shape index (κ2) is 1.32. The molecule has 0 aliphatic heterocycles. The quantitative estimate of drug-likeness (QED) is 0.564. The third-order valence-corrected chi connectivity index (χ3v) is 1.82. The minimum Gasteiger partial charge on any atom is -0.276 e. The Hall–Kier alpha value is -0.830. The smallest absolute Gasteiger partial charge is 0.132 e. The second-order valence-electron chi connectivity index (χ2n) is 1.50. The first kappa shape index (κ1) is 4.09. The van der Waals surface area contributed by atoms with Crippen molar-refractivity contribution in [2.45, 2.75) is 0 Å². The summed E-state index contributed by atoms with van der Waals surface area (Å²) in [6.07, 6.45) is 2.81. The van der Waals surface area contributed by atoms with E-state index in [0.29, 0.717) is 0 Å². The van der Waals surface area contributed by atoms with Gasteiger partial charge in [0.05, 0.1) is 10.2 Å². The van der Waals surface area contributed by atoms with Crippen molar-refractivity contribution in [2.24, 2.45) is 0 Å². The maximum absolute atomic E-state index is 3.72. The second-order valence-corrected chi connectivity index (χ2v) is 2.41. The fraction of sp³-hybridized carbons (Fsp3) is 0. The molecule has 0 bridgehead atoms. The monoisotopic (exact) mass is 123 g/mol. The lowest BCUT2D eigenvalue weighted by Crippen LogP contribution is -1.59. The maximum Gasteiger partial charge on any atom is 0.132 e. The molecule has 39 valence electrons. The summed E-state index contributed by atoms with van der Waals surface area (Å²) >= 11 is 1.64. The van der Waals surface area contributed by atoms with Gasteiger partial charge in [-0.2, -0.15) is 5.10 Å². The summed E-state index contributed by atoms with van der Waals surface area (Å²) in [6.45, 7) is 0. The average Bonchev–Trinajstić information content (AvgIpc) is 2.15. The van der Waals surface area contributed by atoms with E-state index < -0.39 is 0 Å². The highest BCUT2D eigenvalue weighted by Gasteiger charge is 1.92. The number of hydrogen-bond acceptors (Lipinski definition) is 2. The van der Waals surface area contributed by atoms with Gasteiger partial charge in [0.2, 0.25) is 0 Å². The van der Waals surface area contributed by atoms with Crippen molar-refractivity contribution in [3.05, 3.63) is 17.6 Å². The van der Waals surface area contributed by atoms with Crippen molar-refractivity contribution in [1.82, 2.24) is 10.2 Å². The molecule has 2 heterocycles. The fourth-order valence-corrected chi connectivity index (χ4v) is 1.30. The predicted octanol–water partition coefficient (Wildman–Crippen LogP) is 1.42. The zero-order valence-corrected chi connectivity index (χ0v) is 4.83. The van der Waals surface area contributed by atoms with Gasteiger partial charge in [-0.05, 0) is 11.4 Å². The minimum atomic E-state index is 1.08. The van der Waals surface area contributed by atoms with E-state index in [2.05, 4.69) is 16.4 Å². The maximum atomic E-state index is 3.72. The number of fused-ring (bicyclic) bond motifs is 1. The zero-order chi connectivity index (χ0) is 5.40. The third kappa shape index (κ3) is 0.391. The molecule has 2 aromatic heterocycles. The largest absolute Gasteiger partial charge is 0.276 e. The molecule has 2 rings (SSSR count). The van der Waals surface area contributed by atoms with Crippen LogP contribution in [0.2, 0.25) is 0 Å². The molecule has 1 radical (unpaired) electrons. The average molecular weight is 123 g/mol. The van der Waals surface area contributed by atoms with Crippen molar-refractivity contribution in [3.63, 3.8) is 0 Å². The molecule has 2 aromatic rings. The molecule has 0 unspecified atom stereocenters. The summed E-state index contributed by atoms with van der Waals surface area (Å²) in [5.74, 6) is 0. The van der Waals surface area contributed by atoms with Crippen LogP contribution < -0.4 is 0 Å². The van der Waals surface area contributed by atoms with Crippen LogP contribution in [-0.2, 0) is 0 Å². The molecule has 0 aromatic carbocycles. The molecule has 0 atom stereocenters. The lowest BCUT2D eigenvalue weighted by Gasteiger charge is -1.63. The number of H-pyrrole nitrogens is 1. The summed E-state index contributed by atoms with van der Waals surface area (Å²) < 4.78 is 1.10. The predicted molar refractivity (Wildman–Crippen MR) is 32.8 cm³/mol. The Balaban J connectivity index is 3.06. The Kier molecular flexibility index (Phi) is 0.676. The van der Waals surface area contributed by atoms with E-state index in [-0.39, 0.29) is 0 Å². The Bertz CT molecular complexity index is 232. The van der Waals surface area contributed by atoms with Gasteiger partial charge >= 0.3 is 0 Å². The van der Waals surface area contributed by atoms with Crippen LogP contribution >= 0.6 is 11.3 Å². The van der Waals surface area contributed by atoms with Crippen molar-refractivity contribution in [3.8, 4) is 0 Å². The molecule has 0 amide bonds. The van der Waals surface area contributed by atoms with Crippen molar-refractivity contribution in [2.75, 3.05) is 0 Å². The zero-order valence-electron chi connectivity index (χ0n) is 4.01. The molecule has 0 aliphatic rings. The van der Waals surface area contributed by atoms with Gasteiger partial charge in [-0.3, -0.25) is 5.10 Å². The molecule has 3 heteroatoms. The molecular weight excluding hydrogens is 120 g/mol. The van der Waals surface area contributed by atoms with E-state index in [4.69, 9.17) is 0 Å². The van der Waals surface area contributed by atoms with E-state index in [1.807, 2.05) is 11.4 Å². The Morgan fingerprint density at radius 2 is 2.75 bits per heavy atom. The summed E-state index contributed by atoms with van der Waals surface area (Å²) in [5, 5.41) is 8.54. The highest BCUT2D eigenvalue weighted by Crippen LogP contribution is 2.15. The first-order chi connectivity index (χ1) is 3.97. The first-order valence-electron chi connectivity index (χ1n) is 2.26. The summed E-state index contributed by atoms with van der Waals surface area (Å²) in [7, 11) is 0. The number of nitrogens with one attached hydrogen (secondary N) is 1. The normalized spacial score (nSPS) is 10.5. The SMILES string of the molecule is [c]1n[nH]c2ccsc12. The molecule has 0 spiro atoms. The number of nitrogens with zero attached hydrogens (tertiary/aromatic N) is 1. The van der Waals surface area contributed by atoms with Crippen LogP contribution in [0.4, 0.5) is 0 Å². The van der Waals surface area contributed by atoms with E-state index in [0.717, 1.165) is 10.2 Å². The van der Waals surface area contributed by atoms with Crippen LogP contribution in [-0.4, -0.2) is 10.2 Å². The van der Waals surface area contributed by atoms with Gasteiger partial charge in [-0.1, -0.05) is 0 Å². The van der Waals surface area contributed by atoms with E-state index in [1.165, 1.54) is 0 Å². The third-order valence-electron chi connectivity index (χ3n) is 0.999. The Morgan fingerprint density at radius 3 is 3.62 bits per heavy atom. The minimum absolute atomic E-state index is 1.08. The topological polar surface area (TPSA) is 28.7 Å². The molecule has 2 nitrogen and oxygen atoms in total. The van der Waals surface area contributed by atoms with E-state index in [9.17, 15) is 0 Å². The molecule has 1 N–H and O–H groups in total. The number of thiophene rings is 1. The van der Waals surface area contributed by atoms with Gasteiger partial charge in [0.25, 0.3) is 0 Å². The van der Waals surface area contributed by atoms with Gasteiger partial charge in [0.1, 0.15) is 6.20 Å². The summed E-state index contributed by atoms with van der Waals surface area (Å²) in [4.78, 5) is 0. The van der Waals surface area contributed by atoms with Gasteiger partial charge in [0, 0.05) is 0 Å². The van der Waals surface area contributed by atoms with Gasteiger partial charge in [-0.25, -0.2) is 0 Å². The van der Waals surface area contributed by atoms with Crippen LogP contribution in [0.1, 0.15) is 0 Å². The van der Waals surface area contributed by atoms with Crippen molar-refractivity contribution in [1.29, 1.82) is 0 Å². The van der Waals surface area contributed by atoms with Crippen LogP contribution in [0.5, 0.6) is 0 Å². The van der Waals surface area contributed by atoms with Gasteiger partial charge in [-0.15, -0.1) is 11.3 Å². The lowest BCUT2D eigenvalue weighted by atomic mass is 10.5. The van der Waals surface area contributed by atoms with Crippen LogP contribution in [0, 0.1) is 6.20 Å². The lowest BCUT2D eigenvalue weighted by molar-refractivity contribution is 1.11. The first-order valence-corrected chi connectivity index (χ1v) is 3.14. The number of rotatable bonds is 0. The van der Waals surface area contributed by atoms with Crippen LogP contribution in [0.15, 0.2) is 11.4 Å². The van der Waals surface area contributed by atoms with Crippen molar-refractivity contribution >= 4 is 21.6 Å². The van der Waals surface area contributed by atoms with Gasteiger partial charge < -0.3 is 0 Å². The van der Waals surface area contributed by atoms with Gasteiger partial charge in [0.15, 0.2) is 0 Å². The summed E-state index contributed by atoms with van der Waals surface area (Å²) in [5.41, 5.74) is 1.08. The molecule has 0 saturated heterocycles. The highest BCUT2D eigenvalue weighted by molar-refractivity contribution is 7.17. The number of aromatic amines is 1. The molecule has 8 heavy (non-hydrogen) atoms. The Morgan fingerprint density at radius 1 is 1.75 bits per heavy atom. The molecule has 0 aliphatic carbocycles. The van der Waals surface area contributed by atoms with Crippen LogP contribution in [0.3, 0.4) is 0 Å². The number of aromatic nitrogens is 2. The highest BCUT2D eigenvalue weighted by atomic mass is 32.1. The van der Waals surface area contributed by atoms with Crippen LogP contribution in [0.25, 0.3) is 10.2 Å². The number of hydrogen-bond donors (Lipinski definition) is 1. The van der Waals surface area contributed by atoms with E-state index >= 15 is 0 Å². The molecule has 0 fully saturated rings. The fourth-order valence-electron chi connectivity index (χ4n) is 0.623. The Labute approximate surface area is 50.2 Å². The molecule has 0 saturated carbocycles. The standard InChI is InChI=1S/C5H3N2S/c1-2-8-5-3-6-7-4(1)5/h1-2H,(H,6,7). The summed E-state index contributed by atoms with van der Waals surface area (Å²) in [6, 6.07) is 1.99.